The van der Waals surface area contributed by atoms with E-state index >= 15 is 0 Å². The second-order valence-electron chi connectivity index (χ2n) is 4.05. The summed E-state index contributed by atoms with van der Waals surface area (Å²) in [5.41, 5.74) is 0. The van der Waals surface area contributed by atoms with E-state index in [1.165, 1.54) is 16.2 Å². The van der Waals surface area contributed by atoms with E-state index < -0.39 is 12.6 Å². The number of nitrogens with zero attached hydrogens (tertiary/aromatic N) is 3. The molecule has 0 aliphatic carbocycles. The fourth-order valence-electron chi connectivity index (χ4n) is 1.64. The molecule has 0 atom stereocenters. The predicted molar refractivity (Wildman–Crippen MR) is 70.9 cm³/mol. The number of fused-ring (bicyclic) bond motifs is 1. The second-order valence-corrected chi connectivity index (χ2v) is 4.94. The number of anilines is 2. The highest BCUT2D eigenvalue weighted by atomic mass is 32.1. The molecule has 0 aliphatic rings. The van der Waals surface area contributed by atoms with Crippen LogP contribution in [0, 0.1) is 0 Å². The lowest BCUT2D eigenvalue weighted by Crippen LogP contribution is -2.25. The Bertz CT molecular complexity index is 567. The van der Waals surface area contributed by atoms with Crippen LogP contribution in [0.5, 0.6) is 0 Å². The van der Waals surface area contributed by atoms with E-state index in [2.05, 4.69) is 15.3 Å². The van der Waals surface area contributed by atoms with Crippen molar-refractivity contribution in [1.82, 2.24) is 9.97 Å². The van der Waals surface area contributed by atoms with Gasteiger partial charge in [-0.2, -0.15) is 18.2 Å². The van der Waals surface area contributed by atoms with Crippen LogP contribution in [0.3, 0.4) is 0 Å². The third-order valence-electron chi connectivity index (χ3n) is 2.62. The third kappa shape index (κ3) is 3.25. The first-order valence-corrected chi connectivity index (χ1v) is 6.49. The topological polar surface area (TPSA) is 41.1 Å². The normalized spacial score (nSPS) is 11.8. The number of aromatic nitrogens is 2. The lowest BCUT2D eigenvalue weighted by Gasteiger charge is -2.20. The van der Waals surface area contributed by atoms with E-state index in [1.807, 2.05) is 11.4 Å². The summed E-state index contributed by atoms with van der Waals surface area (Å²) in [5, 5.41) is 5.43. The molecule has 0 fully saturated rings. The van der Waals surface area contributed by atoms with E-state index in [-0.39, 0.29) is 6.54 Å². The van der Waals surface area contributed by atoms with Gasteiger partial charge in [-0.05, 0) is 11.4 Å². The van der Waals surface area contributed by atoms with Crippen molar-refractivity contribution in [3.8, 4) is 0 Å². The number of hydrogen-bond acceptors (Lipinski definition) is 5. The van der Waals surface area contributed by atoms with E-state index in [0.29, 0.717) is 11.8 Å². The van der Waals surface area contributed by atoms with Crippen LogP contribution in [0.4, 0.5) is 24.9 Å². The van der Waals surface area contributed by atoms with Gasteiger partial charge in [-0.15, -0.1) is 11.3 Å². The summed E-state index contributed by atoms with van der Waals surface area (Å²) in [6.45, 7) is -0.130. The fraction of sp³-hybridized carbons (Fsp3) is 0.455. The molecule has 8 heteroatoms. The van der Waals surface area contributed by atoms with E-state index in [9.17, 15) is 13.2 Å². The van der Waals surface area contributed by atoms with Crippen molar-refractivity contribution in [2.45, 2.75) is 12.6 Å². The second kappa shape index (κ2) is 5.20. The zero-order chi connectivity index (χ0) is 14.0. The lowest BCUT2D eigenvalue weighted by atomic mass is 10.3. The average molecular weight is 290 g/mol. The van der Waals surface area contributed by atoms with Crippen molar-refractivity contribution in [2.24, 2.45) is 0 Å². The van der Waals surface area contributed by atoms with Crippen LogP contribution in [0.2, 0.25) is 0 Å². The summed E-state index contributed by atoms with van der Waals surface area (Å²) in [7, 11) is 3.28. The molecule has 0 spiro atoms. The number of hydrogen-bond donors (Lipinski definition) is 1. The van der Waals surface area contributed by atoms with Crippen molar-refractivity contribution >= 4 is 33.3 Å². The van der Waals surface area contributed by atoms with Crippen LogP contribution in [-0.2, 0) is 0 Å². The molecule has 1 N–H and O–H groups in total. The molecule has 2 rings (SSSR count). The average Bonchev–Trinajstić information content (AvgIpc) is 2.81. The van der Waals surface area contributed by atoms with Gasteiger partial charge in [0.1, 0.15) is 10.6 Å². The Morgan fingerprint density at radius 1 is 1.37 bits per heavy atom. The summed E-state index contributed by atoms with van der Waals surface area (Å²) >= 11 is 1.43. The van der Waals surface area contributed by atoms with Crippen molar-refractivity contribution < 1.29 is 13.2 Å². The molecular weight excluding hydrogens is 277 g/mol. The summed E-state index contributed by atoms with van der Waals surface area (Å²) < 4.78 is 36.8. The predicted octanol–water partition coefficient (Wildman–Crippen LogP) is 3.12. The van der Waals surface area contributed by atoms with Crippen LogP contribution in [0.25, 0.3) is 10.2 Å². The van der Waals surface area contributed by atoms with Gasteiger partial charge < -0.3 is 10.2 Å². The zero-order valence-corrected chi connectivity index (χ0v) is 11.3. The minimum atomic E-state index is -4.17. The van der Waals surface area contributed by atoms with Crippen molar-refractivity contribution in [3.63, 3.8) is 0 Å². The van der Waals surface area contributed by atoms with Gasteiger partial charge >= 0.3 is 6.18 Å². The summed E-state index contributed by atoms with van der Waals surface area (Å²) in [4.78, 5) is 10.8. The van der Waals surface area contributed by atoms with Gasteiger partial charge in [0, 0.05) is 20.6 Å². The number of halogens is 3. The van der Waals surface area contributed by atoms with Crippen LogP contribution in [-0.4, -0.2) is 36.8 Å². The highest BCUT2D eigenvalue weighted by molar-refractivity contribution is 7.16. The number of rotatable bonds is 4. The first-order valence-electron chi connectivity index (χ1n) is 5.61. The van der Waals surface area contributed by atoms with E-state index in [1.54, 1.807) is 14.1 Å². The minimum absolute atomic E-state index is 0.130. The molecule has 0 aliphatic heterocycles. The molecule has 19 heavy (non-hydrogen) atoms. The van der Waals surface area contributed by atoms with Gasteiger partial charge in [0.15, 0.2) is 0 Å². The molecule has 0 amide bonds. The van der Waals surface area contributed by atoms with Gasteiger partial charge in [0.05, 0.1) is 11.8 Å². The standard InChI is InChI=1S/C11H13F3N4S/c1-15-10-16-8(7-3-6-19-9(7)17-10)18(2)5-4-11(12,13)14/h3,6H,4-5H2,1-2H3,(H,15,16,17). The third-order valence-corrected chi connectivity index (χ3v) is 3.43. The Hall–Kier alpha value is -1.57. The summed E-state index contributed by atoms with van der Waals surface area (Å²) in [6.07, 6.45) is -5.03. The molecule has 2 aromatic rings. The van der Waals surface area contributed by atoms with Crippen molar-refractivity contribution in [3.05, 3.63) is 11.4 Å². The molecule has 0 aromatic carbocycles. The lowest BCUT2D eigenvalue weighted by molar-refractivity contribution is -0.132. The first kappa shape index (κ1) is 13.9. The van der Waals surface area contributed by atoms with Crippen LogP contribution in [0.15, 0.2) is 11.4 Å². The number of alkyl halides is 3. The van der Waals surface area contributed by atoms with Gasteiger partial charge in [-0.3, -0.25) is 0 Å². The van der Waals surface area contributed by atoms with E-state index in [0.717, 1.165) is 10.2 Å². The Morgan fingerprint density at radius 3 is 2.74 bits per heavy atom. The molecule has 0 bridgehead atoms. The minimum Gasteiger partial charge on any atom is -0.359 e. The van der Waals surface area contributed by atoms with Crippen molar-refractivity contribution in [1.29, 1.82) is 0 Å². The molecule has 0 radical (unpaired) electrons. The highest BCUT2D eigenvalue weighted by Gasteiger charge is 2.27. The van der Waals surface area contributed by atoms with Gasteiger partial charge in [-0.25, -0.2) is 4.98 Å². The quantitative estimate of drug-likeness (QED) is 0.939. The molecule has 2 aromatic heterocycles. The maximum absolute atomic E-state index is 12.3. The van der Waals surface area contributed by atoms with Crippen LogP contribution >= 0.6 is 11.3 Å². The number of thiophene rings is 1. The van der Waals surface area contributed by atoms with Gasteiger partial charge in [0.2, 0.25) is 5.95 Å². The molecule has 0 saturated carbocycles. The van der Waals surface area contributed by atoms with E-state index in [4.69, 9.17) is 0 Å². The monoisotopic (exact) mass is 290 g/mol. The van der Waals surface area contributed by atoms with Crippen LogP contribution in [0.1, 0.15) is 6.42 Å². The zero-order valence-electron chi connectivity index (χ0n) is 10.5. The molecule has 0 unspecified atom stereocenters. The molecule has 0 saturated heterocycles. The maximum Gasteiger partial charge on any atom is 0.390 e. The largest absolute Gasteiger partial charge is 0.390 e. The Balaban J connectivity index is 2.29. The van der Waals surface area contributed by atoms with Crippen LogP contribution < -0.4 is 10.2 Å². The molecular formula is C11H13F3N4S. The smallest absolute Gasteiger partial charge is 0.359 e. The Kier molecular flexibility index (Phi) is 3.79. The number of nitrogens with one attached hydrogen (secondary N) is 1. The fourth-order valence-corrected chi connectivity index (χ4v) is 2.40. The summed E-state index contributed by atoms with van der Waals surface area (Å²) in [5.74, 6) is 0.920. The van der Waals surface area contributed by atoms with Gasteiger partial charge in [-0.1, -0.05) is 0 Å². The Labute approximate surface area is 112 Å². The molecule has 4 nitrogen and oxygen atoms in total. The summed E-state index contributed by atoms with van der Waals surface area (Å²) in [6, 6.07) is 1.82. The molecule has 104 valence electrons. The van der Waals surface area contributed by atoms with Gasteiger partial charge in [0.25, 0.3) is 0 Å². The highest BCUT2D eigenvalue weighted by Crippen LogP contribution is 2.29. The SMILES string of the molecule is CNc1nc(N(C)CCC(F)(F)F)c2ccsc2n1. The maximum atomic E-state index is 12.3. The Morgan fingerprint density at radius 2 is 2.11 bits per heavy atom. The molecule has 2 heterocycles. The van der Waals surface area contributed by atoms with Crippen molar-refractivity contribution in [2.75, 3.05) is 30.9 Å². The first-order chi connectivity index (χ1) is 8.90.